The summed E-state index contributed by atoms with van der Waals surface area (Å²) in [7, 11) is 0. The topological polar surface area (TPSA) is 57.6 Å². The number of fused-ring (bicyclic) bond motifs is 1. The average molecular weight is 275 g/mol. The molecule has 1 aromatic rings. The molecule has 2 rings (SSSR count). The number of amides is 1. The van der Waals surface area contributed by atoms with Crippen LogP contribution in [0, 0.1) is 0 Å². The van der Waals surface area contributed by atoms with Gasteiger partial charge in [0.2, 0.25) is 0 Å². The highest BCUT2D eigenvalue weighted by Gasteiger charge is 2.26. The van der Waals surface area contributed by atoms with E-state index < -0.39 is 5.97 Å². The van der Waals surface area contributed by atoms with Crippen LogP contribution in [-0.2, 0) is 16.6 Å². The molecule has 0 atom stereocenters. The number of benzene rings is 1. The van der Waals surface area contributed by atoms with E-state index in [1.807, 2.05) is 12.1 Å². The normalized spacial score (nSPS) is 15.2. The van der Waals surface area contributed by atoms with Gasteiger partial charge in [0.05, 0.1) is 6.42 Å². The molecule has 1 amide bonds. The van der Waals surface area contributed by atoms with Gasteiger partial charge in [0.15, 0.2) is 0 Å². The van der Waals surface area contributed by atoms with Gasteiger partial charge in [0.25, 0.3) is 5.91 Å². The molecule has 0 unspecified atom stereocenters. The van der Waals surface area contributed by atoms with Gasteiger partial charge in [-0.2, -0.15) is 0 Å². The van der Waals surface area contributed by atoms with Crippen molar-refractivity contribution in [3.63, 3.8) is 0 Å². The minimum atomic E-state index is -0.868. The molecule has 4 nitrogen and oxygen atoms in total. The Kier molecular flexibility index (Phi) is 3.84. The summed E-state index contributed by atoms with van der Waals surface area (Å²) in [5.74, 6) is -0.911. The van der Waals surface area contributed by atoms with Gasteiger partial charge in [-0.25, -0.2) is 0 Å². The summed E-state index contributed by atoms with van der Waals surface area (Å²) >= 11 is 0. The molecule has 1 heterocycles. The van der Waals surface area contributed by atoms with Gasteiger partial charge in [-0.1, -0.05) is 32.9 Å². The molecular weight excluding hydrogens is 254 g/mol. The molecule has 0 fully saturated rings. The maximum atomic E-state index is 12.4. The van der Waals surface area contributed by atoms with E-state index in [1.165, 1.54) is 0 Å². The highest BCUT2D eigenvalue weighted by Crippen LogP contribution is 2.27. The Morgan fingerprint density at radius 2 is 2.05 bits per heavy atom. The van der Waals surface area contributed by atoms with Gasteiger partial charge >= 0.3 is 5.97 Å². The SMILES string of the molecule is CC(C)(C)c1ccc2c(c1)C(=O)N(CCC(=O)O)CC2. The van der Waals surface area contributed by atoms with Crippen molar-refractivity contribution in [1.29, 1.82) is 0 Å². The molecule has 1 N–H and O–H groups in total. The van der Waals surface area contributed by atoms with Gasteiger partial charge in [-0.15, -0.1) is 0 Å². The van der Waals surface area contributed by atoms with Gasteiger partial charge in [0.1, 0.15) is 0 Å². The van der Waals surface area contributed by atoms with Crippen LogP contribution in [0.5, 0.6) is 0 Å². The molecular formula is C16H21NO3. The van der Waals surface area contributed by atoms with Crippen LogP contribution in [0.3, 0.4) is 0 Å². The summed E-state index contributed by atoms with van der Waals surface area (Å²) < 4.78 is 0. The van der Waals surface area contributed by atoms with E-state index in [1.54, 1.807) is 4.90 Å². The summed E-state index contributed by atoms with van der Waals surface area (Å²) in [5, 5.41) is 8.74. The largest absolute Gasteiger partial charge is 0.481 e. The quantitative estimate of drug-likeness (QED) is 0.922. The summed E-state index contributed by atoms with van der Waals surface area (Å²) in [6, 6.07) is 6.08. The highest BCUT2D eigenvalue weighted by molar-refractivity contribution is 5.97. The minimum absolute atomic E-state index is 0.0000346. The third-order valence-electron chi connectivity index (χ3n) is 3.74. The van der Waals surface area contributed by atoms with Gasteiger partial charge in [-0.3, -0.25) is 9.59 Å². The zero-order valence-electron chi connectivity index (χ0n) is 12.3. The monoisotopic (exact) mass is 275 g/mol. The lowest BCUT2D eigenvalue weighted by Gasteiger charge is -2.30. The average Bonchev–Trinajstić information content (AvgIpc) is 2.36. The smallest absolute Gasteiger partial charge is 0.305 e. The molecule has 0 spiro atoms. The summed E-state index contributed by atoms with van der Waals surface area (Å²) in [5.41, 5.74) is 2.92. The van der Waals surface area contributed by atoms with Crippen LogP contribution in [0.25, 0.3) is 0 Å². The third-order valence-corrected chi connectivity index (χ3v) is 3.74. The van der Waals surface area contributed by atoms with E-state index in [0.29, 0.717) is 6.54 Å². The number of hydrogen-bond acceptors (Lipinski definition) is 2. The van der Waals surface area contributed by atoms with Crippen LogP contribution in [-0.4, -0.2) is 35.0 Å². The van der Waals surface area contributed by atoms with E-state index in [9.17, 15) is 9.59 Å². The number of carboxylic acids is 1. The fraction of sp³-hybridized carbons (Fsp3) is 0.500. The number of hydrogen-bond donors (Lipinski definition) is 1. The molecule has 20 heavy (non-hydrogen) atoms. The van der Waals surface area contributed by atoms with Gasteiger partial charge in [-0.05, 0) is 29.0 Å². The Morgan fingerprint density at radius 1 is 1.35 bits per heavy atom. The maximum absolute atomic E-state index is 12.4. The van der Waals surface area contributed by atoms with E-state index in [2.05, 4.69) is 26.8 Å². The Labute approximate surface area is 119 Å². The molecule has 1 aromatic carbocycles. The Morgan fingerprint density at radius 3 is 2.65 bits per heavy atom. The second-order valence-corrected chi connectivity index (χ2v) is 6.31. The molecule has 1 aliphatic heterocycles. The number of aliphatic carboxylic acids is 1. The lowest BCUT2D eigenvalue weighted by Crippen LogP contribution is -2.39. The second kappa shape index (κ2) is 5.27. The van der Waals surface area contributed by atoms with E-state index in [0.717, 1.165) is 23.1 Å². The Bertz CT molecular complexity index is 543. The summed E-state index contributed by atoms with van der Waals surface area (Å²) in [6.07, 6.45) is 0.797. The van der Waals surface area contributed by atoms with Crippen LogP contribution in [0.2, 0.25) is 0 Å². The fourth-order valence-electron chi connectivity index (χ4n) is 2.43. The maximum Gasteiger partial charge on any atom is 0.305 e. The number of carboxylic acid groups (broad SMARTS) is 1. The Balaban J connectivity index is 2.25. The lowest BCUT2D eigenvalue weighted by atomic mass is 9.84. The highest BCUT2D eigenvalue weighted by atomic mass is 16.4. The molecule has 0 saturated heterocycles. The zero-order valence-corrected chi connectivity index (χ0v) is 12.3. The molecule has 0 aliphatic carbocycles. The number of rotatable bonds is 3. The lowest BCUT2D eigenvalue weighted by molar-refractivity contribution is -0.137. The Hall–Kier alpha value is -1.84. The number of carbonyl (C=O) groups is 2. The van der Waals surface area contributed by atoms with Gasteiger partial charge in [0, 0.05) is 18.7 Å². The van der Waals surface area contributed by atoms with E-state index in [-0.39, 0.29) is 24.3 Å². The van der Waals surface area contributed by atoms with Crippen LogP contribution < -0.4 is 0 Å². The molecule has 0 bridgehead atoms. The van der Waals surface area contributed by atoms with Crippen molar-refractivity contribution in [2.24, 2.45) is 0 Å². The van der Waals surface area contributed by atoms with Crippen LogP contribution in [0.15, 0.2) is 18.2 Å². The fourth-order valence-corrected chi connectivity index (χ4v) is 2.43. The number of carbonyl (C=O) groups excluding carboxylic acids is 1. The molecule has 1 aliphatic rings. The zero-order chi connectivity index (χ0) is 14.9. The van der Waals surface area contributed by atoms with Crippen molar-refractivity contribution in [3.05, 3.63) is 34.9 Å². The van der Waals surface area contributed by atoms with Crippen molar-refractivity contribution in [2.75, 3.05) is 13.1 Å². The first-order valence-electron chi connectivity index (χ1n) is 6.93. The first-order valence-corrected chi connectivity index (χ1v) is 6.93. The standard InChI is InChI=1S/C16H21NO3/c1-16(2,3)12-5-4-11-6-8-17(9-7-14(18)19)15(20)13(11)10-12/h4-5,10H,6-9H2,1-3H3,(H,18,19). The predicted molar refractivity (Wildman–Crippen MR) is 77.0 cm³/mol. The van der Waals surface area contributed by atoms with E-state index >= 15 is 0 Å². The first kappa shape index (κ1) is 14.6. The molecule has 108 valence electrons. The third kappa shape index (κ3) is 3.00. The first-order chi connectivity index (χ1) is 9.29. The van der Waals surface area contributed by atoms with Crippen molar-refractivity contribution < 1.29 is 14.7 Å². The summed E-state index contributed by atoms with van der Waals surface area (Å²) in [6.45, 7) is 7.24. The molecule has 4 heteroatoms. The minimum Gasteiger partial charge on any atom is -0.481 e. The van der Waals surface area contributed by atoms with Crippen LogP contribution in [0.4, 0.5) is 0 Å². The molecule has 0 radical (unpaired) electrons. The summed E-state index contributed by atoms with van der Waals surface area (Å²) in [4.78, 5) is 24.7. The predicted octanol–water partition coefficient (Wildman–Crippen LogP) is 2.46. The van der Waals surface area contributed by atoms with E-state index in [4.69, 9.17) is 5.11 Å². The van der Waals surface area contributed by atoms with Crippen LogP contribution in [0.1, 0.15) is 48.7 Å². The van der Waals surface area contributed by atoms with Crippen molar-refractivity contribution in [2.45, 2.75) is 39.0 Å². The molecule has 0 aromatic heterocycles. The van der Waals surface area contributed by atoms with Crippen molar-refractivity contribution >= 4 is 11.9 Å². The second-order valence-electron chi connectivity index (χ2n) is 6.31. The van der Waals surface area contributed by atoms with Crippen molar-refractivity contribution in [1.82, 2.24) is 4.90 Å². The molecule has 0 saturated carbocycles. The van der Waals surface area contributed by atoms with Gasteiger partial charge < -0.3 is 10.0 Å². The number of nitrogens with zero attached hydrogens (tertiary/aromatic N) is 1. The van der Waals surface area contributed by atoms with Crippen molar-refractivity contribution in [3.8, 4) is 0 Å². The van der Waals surface area contributed by atoms with Crippen LogP contribution >= 0.6 is 0 Å².